The summed E-state index contributed by atoms with van der Waals surface area (Å²) in [6, 6.07) is 17.8. The third-order valence-electron chi connectivity index (χ3n) is 7.48. The Hall–Kier alpha value is -3.98. The van der Waals surface area contributed by atoms with E-state index >= 15 is 0 Å². The van der Waals surface area contributed by atoms with Gasteiger partial charge in [0.05, 0.1) is 12.7 Å². The van der Waals surface area contributed by atoms with Crippen LogP contribution in [0.5, 0.6) is 5.75 Å². The van der Waals surface area contributed by atoms with Gasteiger partial charge in [0.25, 0.3) is 5.91 Å². The van der Waals surface area contributed by atoms with Crippen LogP contribution in [-0.2, 0) is 12.8 Å². The number of nitrogens with zero attached hydrogens (tertiary/aromatic N) is 4. The Labute approximate surface area is 269 Å². The fourth-order valence-electron chi connectivity index (χ4n) is 4.85. The summed E-state index contributed by atoms with van der Waals surface area (Å²) in [5.41, 5.74) is 13.8. The molecule has 3 rings (SSSR count). The minimum absolute atomic E-state index is 0.00645. The Kier molecular flexibility index (Phi) is 15.5. The molecule has 13 nitrogen and oxygen atoms in total. The number of carbonyl (C=O) groups is 1. The van der Waals surface area contributed by atoms with Crippen molar-refractivity contribution in [2.24, 2.45) is 16.5 Å². The van der Waals surface area contributed by atoms with Crippen LogP contribution in [0.1, 0.15) is 46.6 Å². The molecule has 9 N–H and O–H groups in total. The fraction of sp³-hybridized carbons (Fsp3) is 0.455. The van der Waals surface area contributed by atoms with Gasteiger partial charge in [0.1, 0.15) is 42.2 Å². The van der Waals surface area contributed by atoms with Crippen LogP contribution in [0.4, 0.5) is 0 Å². The number of hydrogen-bond donors (Lipinski definition) is 7. The minimum atomic E-state index is -1.67. The van der Waals surface area contributed by atoms with Crippen LogP contribution in [0, 0.1) is 0 Å². The van der Waals surface area contributed by atoms with E-state index in [-0.39, 0.29) is 23.8 Å². The van der Waals surface area contributed by atoms with Crippen LogP contribution in [0.15, 0.2) is 72.0 Å². The number of aliphatic imine (C=N–C) groups is 1. The SMILES string of the molecule is NC(=O)c1nccnc1C(N)=NCCCCc1ccc(OCCN(CCCc2ccccc2)CC(O)C(O)C(O)C(O)CO)cc1. The number of carbonyl (C=O) groups excluding carboxylic acids is 1. The molecule has 0 aliphatic heterocycles. The average Bonchev–Trinajstić information content (AvgIpc) is 3.07. The molecule has 0 bridgehead atoms. The number of benzene rings is 2. The lowest BCUT2D eigenvalue weighted by Crippen LogP contribution is -2.50. The van der Waals surface area contributed by atoms with Crippen LogP contribution < -0.4 is 16.2 Å². The van der Waals surface area contributed by atoms with Gasteiger partial charge in [-0.1, -0.05) is 42.5 Å². The lowest BCUT2D eigenvalue weighted by Gasteiger charge is -2.30. The van der Waals surface area contributed by atoms with Crippen LogP contribution in [0.2, 0.25) is 0 Å². The number of aliphatic hydroxyl groups is 5. The largest absolute Gasteiger partial charge is 0.492 e. The number of aromatic nitrogens is 2. The number of aryl methyl sites for hydroxylation is 2. The van der Waals surface area contributed by atoms with E-state index in [9.17, 15) is 25.2 Å². The second kappa shape index (κ2) is 19.5. The summed E-state index contributed by atoms with van der Waals surface area (Å²) in [6.45, 7) is 1.19. The summed E-state index contributed by atoms with van der Waals surface area (Å²) in [5, 5.41) is 49.6. The summed E-state index contributed by atoms with van der Waals surface area (Å²) in [5.74, 6) is 0.111. The highest BCUT2D eigenvalue weighted by Crippen LogP contribution is 2.15. The molecule has 0 aliphatic carbocycles. The Balaban J connectivity index is 1.45. The van der Waals surface area contributed by atoms with Gasteiger partial charge in [0.15, 0.2) is 5.69 Å². The molecule has 1 aromatic heterocycles. The van der Waals surface area contributed by atoms with Gasteiger partial charge < -0.3 is 41.7 Å². The second-order valence-electron chi connectivity index (χ2n) is 11.0. The first-order chi connectivity index (χ1) is 22.2. The predicted octanol–water partition coefficient (Wildman–Crippen LogP) is 0.0532. The number of amidine groups is 1. The molecule has 13 heteroatoms. The maximum atomic E-state index is 11.5. The summed E-state index contributed by atoms with van der Waals surface area (Å²) >= 11 is 0. The van der Waals surface area contributed by atoms with Crippen LogP contribution >= 0.6 is 0 Å². The van der Waals surface area contributed by atoms with Crippen molar-refractivity contribution in [1.82, 2.24) is 14.9 Å². The minimum Gasteiger partial charge on any atom is -0.492 e. The first kappa shape index (κ1) is 36.5. The molecule has 1 heterocycles. The zero-order valence-corrected chi connectivity index (χ0v) is 25.9. The molecule has 0 spiro atoms. The molecular weight excluding hydrogens is 592 g/mol. The van der Waals surface area contributed by atoms with E-state index < -0.39 is 36.9 Å². The number of amides is 1. The predicted molar refractivity (Wildman–Crippen MR) is 173 cm³/mol. The smallest absolute Gasteiger partial charge is 0.269 e. The molecule has 0 saturated carbocycles. The Morgan fingerprint density at radius 3 is 2.11 bits per heavy atom. The van der Waals surface area contributed by atoms with E-state index in [1.54, 1.807) is 0 Å². The lowest BCUT2D eigenvalue weighted by atomic mass is 10.0. The number of primary amides is 1. The molecular formula is C33H46N6O7. The molecule has 0 radical (unpaired) electrons. The first-order valence-electron chi connectivity index (χ1n) is 15.4. The van der Waals surface area contributed by atoms with Crippen LogP contribution in [-0.4, -0.2) is 116 Å². The molecule has 2 aromatic carbocycles. The highest BCUT2D eigenvalue weighted by atomic mass is 16.5. The monoisotopic (exact) mass is 638 g/mol. The molecule has 46 heavy (non-hydrogen) atoms. The average molecular weight is 639 g/mol. The lowest BCUT2D eigenvalue weighted by molar-refractivity contribution is -0.119. The number of rotatable bonds is 21. The first-order valence-corrected chi connectivity index (χ1v) is 15.4. The number of hydrogen-bond acceptors (Lipinski definition) is 11. The third kappa shape index (κ3) is 12.1. The highest BCUT2D eigenvalue weighted by Gasteiger charge is 2.31. The van der Waals surface area contributed by atoms with Gasteiger partial charge in [-0.15, -0.1) is 0 Å². The van der Waals surface area contributed by atoms with E-state index in [0.717, 1.165) is 37.7 Å². The topological polar surface area (TPSA) is 221 Å². The molecule has 1 amide bonds. The number of aliphatic hydroxyl groups excluding tert-OH is 5. The Bertz CT molecular complexity index is 1350. The number of nitrogens with two attached hydrogens (primary N) is 2. The van der Waals surface area contributed by atoms with E-state index in [1.807, 2.05) is 47.4 Å². The molecule has 250 valence electrons. The van der Waals surface area contributed by atoms with E-state index in [1.165, 1.54) is 18.0 Å². The second-order valence-corrected chi connectivity index (χ2v) is 11.0. The van der Waals surface area contributed by atoms with Crippen molar-refractivity contribution in [3.8, 4) is 5.75 Å². The number of unbranched alkanes of at least 4 members (excludes halogenated alkanes) is 1. The van der Waals surface area contributed by atoms with E-state index in [4.69, 9.17) is 21.3 Å². The maximum absolute atomic E-state index is 11.5. The number of ether oxygens (including phenoxy) is 1. The van der Waals surface area contributed by atoms with Gasteiger partial charge in [0.2, 0.25) is 0 Å². The third-order valence-corrected chi connectivity index (χ3v) is 7.48. The van der Waals surface area contributed by atoms with Gasteiger partial charge in [-0.05, 0) is 61.9 Å². The summed E-state index contributed by atoms with van der Waals surface area (Å²) in [7, 11) is 0. The molecule has 4 atom stereocenters. The van der Waals surface area contributed by atoms with Gasteiger partial charge in [0, 0.05) is 32.0 Å². The van der Waals surface area contributed by atoms with Crippen molar-refractivity contribution in [1.29, 1.82) is 0 Å². The van der Waals surface area contributed by atoms with Crippen LogP contribution in [0.25, 0.3) is 0 Å². The highest BCUT2D eigenvalue weighted by molar-refractivity contribution is 6.05. The Morgan fingerprint density at radius 1 is 0.804 bits per heavy atom. The van der Waals surface area contributed by atoms with E-state index in [2.05, 4.69) is 27.1 Å². The summed E-state index contributed by atoms with van der Waals surface area (Å²) in [4.78, 5) is 25.8. The van der Waals surface area contributed by atoms with Gasteiger partial charge in [-0.3, -0.25) is 14.7 Å². The maximum Gasteiger partial charge on any atom is 0.269 e. The summed E-state index contributed by atoms with van der Waals surface area (Å²) < 4.78 is 5.96. The summed E-state index contributed by atoms with van der Waals surface area (Å²) in [6.07, 6.45) is 0.735. The van der Waals surface area contributed by atoms with Gasteiger partial charge in [-0.25, -0.2) is 9.97 Å². The van der Waals surface area contributed by atoms with Crippen molar-refractivity contribution >= 4 is 11.7 Å². The van der Waals surface area contributed by atoms with Crippen molar-refractivity contribution in [3.05, 3.63) is 89.5 Å². The van der Waals surface area contributed by atoms with Crippen LogP contribution in [0.3, 0.4) is 0 Å². The quantitative estimate of drug-likeness (QED) is 0.0469. The zero-order chi connectivity index (χ0) is 33.3. The Morgan fingerprint density at radius 2 is 1.43 bits per heavy atom. The standard InChI is InChI=1S/C33H46N6O7/c34-32(28-29(33(35)45)37-17-16-36-28)38-15-5-4-9-24-11-13-25(14-12-24)46-20-19-39(18-6-10-23-7-2-1-3-8-23)21-26(41)30(43)31(44)27(42)22-40/h1-3,7-8,11-14,16-17,26-27,30-31,40-44H,4-6,9-10,15,18-22H2,(H2,34,38)(H2,35,45). The molecule has 4 unspecified atom stereocenters. The molecule has 0 fully saturated rings. The molecule has 0 aliphatic rings. The fourth-order valence-corrected chi connectivity index (χ4v) is 4.85. The molecule has 0 saturated heterocycles. The van der Waals surface area contributed by atoms with Crippen molar-refractivity contribution in [3.63, 3.8) is 0 Å². The zero-order valence-electron chi connectivity index (χ0n) is 25.9. The van der Waals surface area contributed by atoms with E-state index in [0.29, 0.717) is 32.0 Å². The van der Waals surface area contributed by atoms with Crippen molar-refractivity contribution in [2.75, 3.05) is 39.4 Å². The normalized spacial score (nSPS) is 14.5. The van der Waals surface area contributed by atoms with Crippen molar-refractivity contribution in [2.45, 2.75) is 56.5 Å². The van der Waals surface area contributed by atoms with Gasteiger partial charge in [-0.2, -0.15) is 0 Å². The van der Waals surface area contributed by atoms with Gasteiger partial charge >= 0.3 is 0 Å². The van der Waals surface area contributed by atoms with Crippen molar-refractivity contribution < 1.29 is 35.1 Å². The molecule has 3 aromatic rings.